The van der Waals surface area contributed by atoms with E-state index < -0.39 is 28.2 Å². The standard InChI is InChI=1S/C19H15NO5S/c1-12(18(21)20-26(23)24)13-7-9-14(10-8-13)16-11-25-19(22)17(16)15-5-3-2-4-6-15/h2-12,17H,1H3. The van der Waals surface area contributed by atoms with Crippen molar-refractivity contribution < 1.29 is 22.7 Å². The molecule has 0 fully saturated rings. The summed E-state index contributed by atoms with van der Waals surface area (Å²) in [5.41, 5.74) is 3.00. The van der Waals surface area contributed by atoms with Crippen molar-refractivity contribution in [3.8, 4) is 0 Å². The molecule has 2 unspecified atom stereocenters. The lowest BCUT2D eigenvalue weighted by atomic mass is 9.88. The number of carbonyl (C=O) groups excluding carboxylic acids is 2. The van der Waals surface area contributed by atoms with Gasteiger partial charge in [-0.2, -0.15) is 8.42 Å². The molecule has 7 heteroatoms. The van der Waals surface area contributed by atoms with Crippen LogP contribution >= 0.6 is 0 Å². The molecule has 0 spiro atoms. The Morgan fingerprint density at radius 1 is 1.08 bits per heavy atom. The van der Waals surface area contributed by atoms with Crippen LogP contribution in [0, 0.1) is 0 Å². The highest BCUT2D eigenvalue weighted by Crippen LogP contribution is 2.38. The fourth-order valence-electron chi connectivity index (χ4n) is 2.84. The molecule has 26 heavy (non-hydrogen) atoms. The van der Waals surface area contributed by atoms with Crippen molar-refractivity contribution in [1.82, 2.24) is 0 Å². The largest absolute Gasteiger partial charge is 0.433 e. The average molecular weight is 369 g/mol. The molecule has 1 heterocycles. The summed E-state index contributed by atoms with van der Waals surface area (Å²) in [6.45, 7) is 1.59. The summed E-state index contributed by atoms with van der Waals surface area (Å²) in [7, 11) is -2.76. The van der Waals surface area contributed by atoms with E-state index in [2.05, 4.69) is 4.36 Å². The number of amides is 1. The monoisotopic (exact) mass is 369 g/mol. The predicted octanol–water partition coefficient (Wildman–Crippen LogP) is 3.06. The maximum absolute atomic E-state index is 12.1. The number of benzene rings is 2. The van der Waals surface area contributed by atoms with E-state index in [4.69, 9.17) is 4.74 Å². The highest BCUT2D eigenvalue weighted by molar-refractivity contribution is 7.62. The minimum absolute atomic E-state index is 0.337. The van der Waals surface area contributed by atoms with Crippen LogP contribution in [0.3, 0.4) is 0 Å². The van der Waals surface area contributed by atoms with Gasteiger partial charge in [0.1, 0.15) is 5.92 Å². The smallest absolute Gasteiger partial charge is 0.322 e. The maximum atomic E-state index is 12.1. The van der Waals surface area contributed by atoms with E-state index in [1.807, 2.05) is 30.3 Å². The number of ether oxygens (including phenoxy) is 1. The molecular weight excluding hydrogens is 354 g/mol. The second-order valence-corrected chi connectivity index (χ2v) is 6.46. The van der Waals surface area contributed by atoms with Gasteiger partial charge in [0.25, 0.3) is 5.91 Å². The summed E-state index contributed by atoms with van der Waals surface area (Å²) in [6, 6.07) is 16.3. The quantitative estimate of drug-likeness (QED) is 0.773. The Morgan fingerprint density at radius 2 is 1.73 bits per heavy atom. The summed E-state index contributed by atoms with van der Waals surface area (Å²) < 4.78 is 29.2. The van der Waals surface area contributed by atoms with Crippen molar-refractivity contribution in [2.45, 2.75) is 18.8 Å². The molecular formula is C19H15NO5S. The second-order valence-electron chi connectivity index (χ2n) is 5.84. The molecule has 1 aliphatic heterocycles. The number of cyclic esters (lactones) is 1. The van der Waals surface area contributed by atoms with Gasteiger partial charge in [-0.1, -0.05) is 59.0 Å². The fraction of sp³-hybridized carbons (Fsp3) is 0.158. The van der Waals surface area contributed by atoms with Crippen molar-refractivity contribution in [3.05, 3.63) is 77.5 Å². The molecule has 0 saturated carbocycles. The molecule has 0 radical (unpaired) electrons. The zero-order valence-corrected chi connectivity index (χ0v) is 14.6. The van der Waals surface area contributed by atoms with E-state index in [1.165, 1.54) is 6.26 Å². The zero-order chi connectivity index (χ0) is 18.7. The third kappa shape index (κ3) is 3.62. The van der Waals surface area contributed by atoms with Crippen LogP contribution in [-0.2, 0) is 24.8 Å². The topological polar surface area (TPSA) is 89.9 Å². The first-order chi connectivity index (χ1) is 12.5. The molecule has 3 rings (SSSR count). The summed E-state index contributed by atoms with van der Waals surface area (Å²) in [5.74, 6) is -2.25. The van der Waals surface area contributed by atoms with E-state index in [1.54, 1.807) is 31.2 Å². The Kier molecular flexibility index (Phi) is 5.09. The normalized spacial score (nSPS) is 17.2. The molecule has 1 amide bonds. The zero-order valence-electron chi connectivity index (χ0n) is 13.8. The molecule has 0 saturated heterocycles. The first-order valence-corrected chi connectivity index (χ1v) is 8.91. The van der Waals surface area contributed by atoms with E-state index in [-0.39, 0.29) is 5.97 Å². The molecule has 2 aromatic rings. The highest BCUT2D eigenvalue weighted by Gasteiger charge is 2.32. The lowest BCUT2D eigenvalue weighted by molar-refractivity contribution is -0.136. The SMILES string of the molecule is CC(C(=O)N=S(=O)=O)c1ccc(C2=COC(=O)C2c2ccccc2)cc1. The third-order valence-corrected chi connectivity index (χ3v) is 4.59. The van der Waals surface area contributed by atoms with Gasteiger partial charge in [-0.15, -0.1) is 0 Å². The Balaban J connectivity index is 1.87. The Labute approximate surface area is 151 Å². The van der Waals surface area contributed by atoms with Gasteiger partial charge in [0.2, 0.25) is 0 Å². The van der Waals surface area contributed by atoms with Gasteiger partial charge in [0.15, 0.2) is 0 Å². The average Bonchev–Trinajstić information content (AvgIpc) is 3.03. The summed E-state index contributed by atoms with van der Waals surface area (Å²) in [6.07, 6.45) is 1.44. The minimum Gasteiger partial charge on any atom is -0.433 e. The number of rotatable bonds is 4. The first-order valence-electron chi connectivity index (χ1n) is 7.88. The van der Waals surface area contributed by atoms with E-state index in [0.29, 0.717) is 5.56 Å². The molecule has 0 N–H and O–H groups in total. The lowest BCUT2D eigenvalue weighted by Gasteiger charge is -2.13. The Hall–Kier alpha value is -3.06. The van der Waals surface area contributed by atoms with Crippen LogP contribution in [0.15, 0.2) is 65.2 Å². The van der Waals surface area contributed by atoms with Crippen LogP contribution in [0.4, 0.5) is 0 Å². The van der Waals surface area contributed by atoms with Crippen LogP contribution in [0.5, 0.6) is 0 Å². The summed E-state index contributed by atoms with van der Waals surface area (Å²) in [5, 5.41) is 0. The van der Waals surface area contributed by atoms with Gasteiger partial charge >= 0.3 is 16.5 Å². The second kappa shape index (κ2) is 7.45. The predicted molar refractivity (Wildman–Crippen MR) is 94.5 cm³/mol. The molecule has 0 bridgehead atoms. The number of carbonyl (C=O) groups is 2. The van der Waals surface area contributed by atoms with Crippen molar-refractivity contribution in [2.75, 3.05) is 0 Å². The molecule has 6 nitrogen and oxygen atoms in total. The molecule has 2 atom stereocenters. The van der Waals surface area contributed by atoms with Crippen LogP contribution in [0.25, 0.3) is 5.57 Å². The Morgan fingerprint density at radius 3 is 2.35 bits per heavy atom. The maximum Gasteiger partial charge on any atom is 0.322 e. The highest BCUT2D eigenvalue weighted by atomic mass is 32.2. The number of esters is 1. The number of hydrogen-bond acceptors (Lipinski definition) is 5. The van der Waals surface area contributed by atoms with Crippen molar-refractivity contribution in [1.29, 1.82) is 0 Å². The van der Waals surface area contributed by atoms with Gasteiger partial charge < -0.3 is 4.74 Å². The molecule has 1 aliphatic rings. The minimum atomic E-state index is -2.76. The van der Waals surface area contributed by atoms with Gasteiger partial charge in [0, 0.05) is 5.57 Å². The Bertz CT molecular complexity index is 1000. The van der Waals surface area contributed by atoms with Crippen LogP contribution < -0.4 is 0 Å². The van der Waals surface area contributed by atoms with Crippen LogP contribution in [0.2, 0.25) is 0 Å². The van der Waals surface area contributed by atoms with Gasteiger partial charge in [-0.3, -0.25) is 9.59 Å². The third-order valence-electron chi connectivity index (χ3n) is 4.26. The lowest BCUT2D eigenvalue weighted by Crippen LogP contribution is -2.09. The number of hydrogen-bond donors (Lipinski definition) is 0. The molecule has 0 aliphatic carbocycles. The summed E-state index contributed by atoms with van der Waals surface area (Å²) >= 11 is 0. The van der Waals surface area contributed by atoms with Crippen molar-refractivity contribution in [3.63, 3.8) is 0 Å². The van der Waals surface area contributed by atoms with Crippen molar-refractivity contribution >= 4 is 28.0 Å². The molecule has 132 valence electrons. The van der Waals surface area contributed by atoms with Crippen molar-refractivity contribution in [2.24, 2.45) is 4.36 Å². The van der Waals surface area contributed by atoms with Gasteiger partial charge in [-0.05, 0) is 23.6 Å². The van der Waals surface area contributed by atoms with Gasteiger partial charge in [-0.25, -0.2) is 0 Å². The summed E-state index contributed by atoms with van der Waals surface area (Å²) in [4.78, 5) is 23.9. The molecule has 0 aromatic heterocycles. The van der Waals surface area contributed by atoms with Gasteiger partial charge in [0.05, 0.1) is 12.2 Å². The first kappa shape index (κ1) is 17.8. The molecule has 2 aromatic carbocycles. The van der Waals surface area contributed by atoms with Crippen LogP contribution in [0.1, 0.15) is 35.4 Å². The van der Waals surface area contributed by atoms with E-state index >= 15 is 0 Å². The fourth-order valence-corrected chi connectivity index (χ4v) is 3.14. The van der Waals surface area contributed by atoms with E-state index in [9.17, 15) is 18.0 Å². The number of nitrogens with zero attached hydrogens (tertiary/aromatic N) is 1. The van der Waals surface area contributed by atoms with Crippen LogP contribution in [-0.4, -0.2) is 20.3 Å². The van der Waals surface area contributed by atoms with E-state index in [0.717, 1.165) is 16.7 Å².